The van der Waals surface area contributed by atoms with Crippen molar-refractivity contribution in [3.8, 4) is 0 Å². The van der Waals surface area contributed by atoms with Gasteiger partial charge in [0.1, 0.15) is 5.69 Å². The minimum absolute atomic E-state index is 0.0495. The van der Waals surface area contributed by atoms with Gasteiger partial charge in [0.05, 0.1) is 37.4 Å². The van der Waals surface area contributed by atoms with Crippen molar-refractivity contribution in [1.29, 1.82) is 0 Å². The predicted molar refractivity (Wildman–Crippen MR) is 72.6 cm³/mol. The van der Waals surface area contributed by atoms with Crippen molar-refractivity contribution in [2.45, 2.75) is 0 Å². The molecule has 0 unspecified atom stereocenters. The van der Waals surface area contributed by atoms with Crippen molar-refractivity contribution in [2.75, 3.05) is 38.7 Å². The second-order valence-corrected chi connectivity index (χ2v) is 4.09. The summed E-state index contributed by atoms with van der Waals surface area (Å²) in [6, 6.07) is 4.98. The lowest BCUT2D eigenvalue weighted by molar-refractivity contribution is -0.383. The van der Waals surface area contributed by atoms with Crippen molar-refractivity contribution in [3.05, 3.63) is 33.9 Å². The maximum atomic E-state index is 10.9. The summed E-state index contributed by atoms with van der Waals surface area (Å²) in [7, 11) is 1.66. The number of nitrogens with zero attached hydrogens (tertiary/aromatic N) is 3. The maximum absolute atomic E-state index is 10.9. The van der Waals surface area contributed by atoms with E-state index in [-0.39, 0.29) is 5.69 Å². The van der Waals surface area contributed by atoms with E-state index in [1.54, 1.807) is 25.4 Å². The largest absolute Gasteiger partial charge is 0.383 e. The monoisotopic (exact) mass is 264 g/mol. The molecule has 102 valence electrons. The van der Waals surface area contributed by atoms with Gasteiger partial charge in [0.2, 0.25) is 0 Å². The summed E-state index contributed by atoms with van der Waals surface area (Å²) < 4.78 is 5.22. The van der Waals surface area contributed by atoms with Crippen LogP contribution in [0, 0.1) is 10.1 Å². The van der Waals surface area contributed by atoms with Gasteiger partial charge in [-0.3, -0.25) is 15.1 Å². The second-order valence-electron chi connectivity index (χ2n) is 4.09. The molecule has 0 spiro atoms. The van der Waals surface area contributed by atoms with Crippen LogP contribution in [0.1, 0.15) is 5.56 Å². The summed E-state index contributed by atoms with van der Waals surface area (Å²) in [6.07, 6.45) is 1.64. The highest BCUT2D eigenvalue weighted by Gasteiger charge is 2.13. The van der Waals surface area contributed by atoms with E-state index >= 15 is 0 Å². The van der Waals surface area contributed by atoms with E-state index in [4.69, 9.17) is 4.74 Å². The van der Waals surface area contributed by atoms with E-state index in [1.807, 2.05) is 5.01 Å². The minimum atomic E-state index is -0.405. The first kappa shape index (κ1) is 13.3. The molecule has 1 aliphatic rings. The van der Waals surface area contributed by atoms with E-state index in [0.717, 1.165) is 13.1 Å². The number of ether oxygens (including phenoxy) is 1. The number of benzene rings is 1. The molecule has 0 saturated carbocycles. The Morgan fingerprint density at radius 3 is 2.84 bits per heavy atom. The Bertz CT molecular complexity index is 484. The molecule has 1 saturated heterocycles. The summed E-state index contributed by atoms with van der Waals surface area (Å²) >= 11 is 0. The molecule has 0 radical (unpaired) electrons. The zero-order valence-corrected chi connectivity index (χ0v) is 10.7. The summed E-state index contributed by atoms with van der Waals surface area (Å²) in [6.45, 7) is 2.81. The third-order valence-corrected chi connectivity index (χ3v) is 2.85. The molecule has 19 heavy (non-hydrogen) atoms. The fourth-order valence-corrected chi connectivity index (χ4v) is 1.81. The van der Waals surface area contributed by atoms with Crippen LogP contribution in [-0.2, 0) is 4.74 Å². The Balaban J connectivity index is 2.13. The van der Waals surface area contributed by atoms with Gasteiger partial charge in [0.25, 0.3) is 5.69 Å². The highest BCUT2D eigenvalue weighted by Crippen LogP contribution is 2.24. The molecule has 1 fully saturated rings. The summed E-state index contributed by atoms with van der Waals surface area (Å²) in [4.78, 5) is 10.5. The Kier molecular flexibility index (Phi) is 4.30. The van der Waals surface area contributed by atoms with E-state index in [9.17, 15) is 10.1 Å². The van der Waals surface area contributed by atoms with Gasteiger partial charge in [-0.2, -0.15) is 5.10 Å². The number of morpholine rings is 1. The fraction of sp³-hybridized carbons (Fsp3) is 0.417. The Morgan fingerprint density at radius 1 is 1.47 bits per heavy atom. The molecule has 0 amide bonds. The standard InChI is InChI=1S/C12H16N4O3/c1-13-11-3-2-10(8-12(11)16(17)18)9-14-15-4-6-19-7-5-15/h2-3,8-9,13H,4-7H2,1H3/b14-9-. The number of anilines is 1. The first-order chi connectivity index (χ1) is 9.20. The first-order valence-electron chi connectivity index (χ1n) is 6.03. The number of hydrogen-bond donors (Lipinski definition) is 1. The third-order valence-electron chi connectivity index (χ3n) is 2.85. The number of nitro benzene ring substituents is 1. The fourth-order valence-electron chi connectivity index (χ4n) is 1.81. The van der Waals surface area contributed by atoms with Crippen LogP contribution in [0.15, 0.2) is 23.3 Å². The van der Waals surface area contributed by atoms with Gasteiger partial charge in [0, 0.05) is 18.7 Å². The number of nitro groups is 1. The van der Waals surface area contributed by atoms with Crippen LogP contribution in [0.3, 0.4) is 0 Å². The molecule has 0 atom stereocenters. The molecule has 1 aliphatic heterocycles. The molecule has 1 heterocycles. The molecule has 1 N–H and O–H groups in total. The van der Waals surface area contributed by atoms with Crippen molar-refractivity contribution >= 4 is 17.6 Å². The number of hydrazone groups is 1. The molecular weight excluding hydrogens is 248 g/mol. The predicted octanol–water partition coefficient (Wildman–Crippen LogP) is 1.30. The van der Waals surface area contributed by atoms with Crippen LogP contribution in [0.4, 0.5) is 11.4 Å². The summed E-state index contributed by atoms with van der Waals surface area (Å²) in [5.74, 6) is 0. The molecule has 1 aromatic carbocycles. The topological polar surface area (TPSA) is 80.0 Å². The van der Waals surface area contributed by atoms with E-state index in [0.29, 0.717) is 24.5 Å². The second kappa shape index (κ2) is 6.14. The van der Waals surface area contributed by atoms with Crippen molar-refractivity contribution < 1.29 is 9.66 Å². The lowest BCUT2D eigenvalue weighted by atomic mass is 10.2. The quantitative estimate of drug-likeness (QED) is 0.503. The molecule has 7 heteroatoms. The highest BCUT2D eigenvalue weighted by atomic mass is 16.6. The maximum Gasteiger partial charge on any atom is 0.292 e. The van der Waals surface area contributed by atoms with Crippen molar-refractivity contribution in [1.82, 2.24) is 5.01 Å². The Morgan fingerprint density at radius 2 is 2.21 bits per heavy atom. The minimum Gasteiger partial charge on any atom is -0.383 e. The van der Waals surface area contributed by atoms with Gasteiger partial charge in [-0.05, 0) is 6.07 Å². The SMILES string of the molecule is CNc1ccc(/C=N\N2CCOCC2)cc1[N+](=O)[O-]. The summed E-state index contributed by atoms with van der Waals surface area (Å²) in [5.41, 5.74) is 1.25. The lowest BCUT2D eigenvalue weighted by Gasteiger charge is -2.23. The zero-order chi connectivity index (χ0) is 13.7. The smallest absolute Gasteiger partial charge is 0.292 e. The van der Waals surface area contributed by atoms with Crippen LogP contribution in [0.25, 0.3) is 0 Å². The van der Waals surface area contributed by atoms with E-state index < -0.39 is 4.92 Å². The summed E-state index contributed by atoms with van der Waals surface area (Å²) in [5, 5.41) is 19.9. The normalized spacial score (nSPS) is 15.7. The van der Waals surface area contributed by atoms with Crippen LogP contribution < -0.4 is 5.32 Å². The molecule has 2 rings (SSSR count). The van der Waals surface area contributed by atoms with Crippen LogP contribution in [0.2, 0.25) is 0 Å². The van der Waals surface area contributed by atoms with E-state index in [2.05, 4.69) is 10.4 Å². The van der Waals surface area contributed by atoms with Crippen LogP contribution in [0.5, 0.6) is 0 Å². The van der Waals surface area contributed by atoms with Gasteiger partial charge in [-0.1, -0.05) is 6.07 Å². The van der Waals surface area contributed by atoms with Gasteiger partial charge >= 0.3 is 0 Å². The molecule has 0 bridgehead atoms. The molecular formula is C12H16N4O3. The average Bonchev–Trinajstić information content (AvgIpc) is 2.46. The number of rotatable bonds is 4. The number of hydrogen-bond acceptors (Lipinski definition) is 6. The Hall–Kier alpha value is -2.15. The van der Waals surface area contributed by atoms with Gasteiger partial charge in [0.15, 0.2) is 0 Å². The van der Waals surface area contributed by atoms with Gasteiger partial charge in [-0.15, -0.1) is 0 Å². The molecule has 0 aliphatic carbocycles. The van der Waals surface area contributed by atoms with Crippen LogP contribution in [-0.4, -0.2) is 49.5 Å². The van der Waals surface area contributed by atoms with Gasteiger partial charge in [-0.25, -0.2) is 0 Å². The average molecular weight is 264 g/mol. The van der Waals surface area contributed by atoms with Crippen LogP contribution >= 0.6 is 0 Å². The molecule has 1 aromatic rings. The molecule has 7 nitrogen and oxygen atoms in total. The van der Waals surface area contributed by atoms with E-state index in [1.165, 1.54) is 6.07 Å². The zero-order valence-electron chi connectivity index (χ0n) is 10.7. The highest BCUT2D eigenvalue weighted by molar-refractivity contribution is 5.82. The van der Waals surface area contributed by atoms with Crippen molar-refractivity contribution in [3.63, 3.8) is 0 Å². The number of nitrogens with one attached hydrogen (secondary N) is 1. The Labute approximate surface area is 111 Å². The third kappa shape index (κ3) is 3.41. The lowest BCUT2D eigenvalue weighted by Crippen LogP contribution is -2.32. The molecule has 0 aromatic heterocycles. The van der Waals surface area contributed by atoms with Gasteiger partial charge < -0.3 is 10.1 Å². The van der Waals surface area contributed by atoms with Crippen molar-refractivity contribution in [2.24, 2.45) is 5.10 Å². The first-order valence-corrected chi connectivity index (χ1v) is 6.03.